The number of ether oxygens (including phenoxy) is 2. The Hall–Kier alpha value is -2.06. The van der Waals surface area contributed by atoms with Crippen LogP contribution in [0.1, 0.15) is 35.8 Å². The van der Waals surface area contributed by atoms with E-state index in [1.165, 1.54) is 20.3 Å². The van der Waals surface area contributed by atoms with Gasteiger partial charge in [0.1, 0.15) is 16.4 Å². The van der Waals surface area contributed by atoms with Crippen LogP contribution in [-0.2, 0) is 23.5 Å². The van der Waals surface area contributed by atoms with Crippen molar-refractivity contribution in [1.82, 2.24) is 14.5 Å². The van der Waals surface area contributed by atoms with Gasteiger partial charge in [-0.05, 0) is 38.3 Å². The van der Waals surface area contributed by atoms with Crippen molar-refractivity contribution in [3.8, 4) is 11.5 Å². The lowest BCUT2D eigenvalue weighted by atomic mass is 9.92. The third kappa shape index (κ3) is 3.23. The summed E-state index contributed by atoms with van der Waals surface area (Å²) < 4.78 is 41.1. The van der Waals surface area contributed by atoms with Gasteiger partial charge in [-0.2, -0.15) is 5.10 Å². The molecule has 1 N–H and O–H groups in total. The van der Waals surface area contributed by atoms with Crippen LogP contribution < -0.4 is 14.2 Å². The molecule has 2 aromatic rings. The van der Waals surface area contributed by atoms with Gasteiger partial charge in [-0.1, -0.05) is 0 Å². The summed E-state index contributed by atoms with van der Waals surface area (Å²) in [4.78, 5) is 0.0722. The van der Waals surface area contributed by atoms with E-state index >= 15 is 0 Å². The molecule has 0 amide bonds. The van der Waals surface area contributed by atoms with Crippen molar-refractivity contribution in [2.24, 2.45) is 7.05 Å². The Kier molecular flexibility index (Phi) is 4.75. The van der Waals surface area contributed by atoms with Gasteiger partial charge in [-0.25, -0.2) is 13.1 Å². The highest BCUT2D eigenvalue weighted by Gasteiger charge is 2.31. The molecule has 0 spiro atoms. The van der Waals surface area contributed by atoms with E-state index in [0.29, 0.717) is 5.75 Å². The molecule has 0 saturated heterocycles. The molecule has 0 saturated carbocycles. The number of methoxy groups -OCH3 is 2. The van der Waals surface area contributed by atoms with Crippen molar-refractivity contribution >= 4 is 10.0 Å². The first-order valence-electron chi connectivity index (χ1n) is 8.14. The Labute approximate surface area is 148 Å². The number of hydrogen-bond donors (Lipinski definition) is 1. The highest BCUT2D eigenvalue weighted by molar-refractivity contribution is 7.89. The van der Waals surface area contributed by atoms with E-state index in [2.05, 4.69) is 9.82 Å². The fourth-order valence-corrected chi connectivity index (χ4v) is 4.88. The summed E-state index contributed by atoms with van der Waals surface area (Å²) in [6.45, 7) is 1.91. The summed E-state index contributed by atoms with van der Waals surface area (Å²) in [7, 11) is 1.07. The molecule has 0 radical (unpaired) electrons. The lowest BCUT2D eigenvalue weighted by molar-refractivity contribution is 0.391. The lowest BCUT2D eigenvalue weighted by Crippen LogP contribution is -2.31. The molecule has 8 heteroatoms. The second kappa shape index (κ2) is 6.68. The Morgan fingerprint density at radius 2 is 2.04 bits per heavy atom. The van der Waals surface area contributed by atoms with Crippen LogP contribution in [0, 0.1) is 6.92 Å². The summed E-state index contributed by atoms with van der Waals surface area (Å²) in [6.07, 6.45) is 2.56. The number of sulfonamides is 1. The second-order valence-corrected chi connectivity index (χ2v) is 7.83. The first-order valence-corrected chi connectivity index (χ1v) is 9.62. The van der Waals surface area contributed by atoms with Gasteiger partial charge in [-0.15, -0.1) is 0 Å². The molecular weight excluding hydrogens is 342 g/mol. The van der Waals surface area contributed by atoms with Crippen LogP contribution >= 0.6 is 0 Å². The number of aromatic nitrogens is 2. The van der Waals surface area contributed by atoms with Crippen LogP contribution in [0.3, 0.4) is 0 Å². The zero-order valence-electron chi connectivity index (χ0n) is 14.9. The molecule has 1 heterocycles. The minimum Gasteiger partial charge on any atom is -0.497 e. The van der Waals surface area contributed by atoms with Crippen LogP contribution in [0.4, 0.5) is 0 Å². The fraction of sp³-hybridized carbons (Fsp3) is 0.471. The van der Waals surface area contributed by atoms with Gasteiger partial charge in [-0.3, -0.25) is 4.68 Å². The van der Waals surface area contributed by atoms with Gasteiger partial charge in [0.15, 0.2) is 0 Å². The standard InChI is InChI=1S/C17H23N3O4S/c1-11-17-13(6-5-7-14(17)20(2)18-11)19-25(21,22)16-10-12(23-3)8-9-15(16)24-4/h8-10,13,19H,5-7H2,1-4H3. The molecule has 0 aliphatic heterocycles. The number of nitrogens with one attached hydrogen (secondary N) is 1. The van der Waals surface area contributed by atoms with Crippen LogP contribution in [0.15, 0.2) is 23.1 Å². The van der Waals surface area contributed by atoms with Crippen LogP contribution in [0.25, 0.3) is 0 Å². The van der Waals surface area contributed by atoms with Gasteiger partial charge in [0.2, 0.25) is 10.0 Å². The Morgan fingerprint density at radius 3 is 2.72 bits per heavy atom. The predicted molar refractivity (Wildman–Crippen MR) is 93.5 cm³/mol. The molecule has 1 aliphatic rings. The Bertz CT molecular complexity index is 890. The summed E-state index contributed by atoms with van der Waals surface area (Å²) in [5.41, 5.74) is 2.94. The average Bonchev–Trinajstić information content (AvgIpc) is 2.89. The number of hydrogen-bond acceptors (Lipinski definition) is 5. The highest BCUT2D eigenvalue weighted by Crippen LogP contribution is 2.35. The summed E-state index contributed by atoms with van der Waals surface area (Å²) >= 11 is 0. The predicted octanol–water partition coefficient (Wildman–Crippen LogP) is 2.10. The normalized spacial score (nSPS) is 17.2. The number of aryl methyl sites for hydroxylation is 2. The molecule has 7 nitrogen and oxygen atoms in total. The van der Waals surface area contributed by atoms with E-state index in [4.69, 9.17) is 9.47 Å². The molecule has 3 rings (SSSR count). The maximum absolute atomic E-state index is 13.0. The molecule has 1 unspecified atom stereocenters. The molecule has 1 aliphatic carbocycles. The molecule has 1 aromatic carbocycles. The number of benzene rings is 1. The SMILES string of the molecule is COc1ccc(OC)c(S(=O)(=O)NC2CCCc3c2c(C)nn3C)c1. The Morgan fingerprint density at radius 1 is 1.28 bits per heavy atom. The van der Waals surface area contributed by atoms with E-state index in [9.17, 15) is 8.42 Å². The van der Waals surface area contributed by atoms with Crippen molar-refractivity contribution in [3.63, 3.8) is 0 Å². The monoisotopic (exact) mass is 365 g/mol. The van der Waals surface area contributed by atoms with E-state index in [0.717, 1.165) is 36.2 Å². The van der Waals surface area contributed by atoms with Crippen molar-refractivity contribution in [2.45, 2.75) is 37.1 Å². The van der Waals surface area contributed by atoms with E-state index < -0.39 is 10.0 Å². The number of fused-ring (bicyclic) bond motifs is 1. The van der Waals surface area contributed by atoms with Gasteiger partial charge in [0.25, 0.3) is 0 Å². The van der Waals surface area contributed by atoms with Gasteiger partial charge in [0.05, 0.1) is 26.0 Å². The molecular formula is C17H23N3O4S. The quantitative estimate of drug-likeness (QED) is 0.877. The van der Waals surface area contributed by atoms with E-state index in [-0.39, 0.29) is 16.7 Å². The fourth-order valence-electron chi connectivity index (χ4n) is 3.45. The summed E-state index contributed by atoms with van der Waals surface area (Å²) in [6, 6.07) is 4.44. The zero-order valence-corrected chi connectivity index (χ0v) is 15.7. The summed E-state index contributed by atoms with van der Waals surface area (Å²) in [5.74, 6) is 0.746. The maximum Gasteiger partial charge on any atom is 0.244 e. The summed E-state index contributed by atoms with van der Waals surface area (Å²) in [5, 5.41) is 4.44. The molecule has 136 valence electrons. The topological polar surface area (TPSA) is 82.4 Å². The third-order valence-corrected chi connectivity index (χ3v) is 6.10. The molecule has 1 atom stereocenters. The van der Waals surface area contributed by atoms with Crippen molar-refractivity contribution in [1.29, 1.82) is 0 Å². The van der Waals surface area contributed by atoms with E-state index in [1.807, 2.05) is 18.7 Å². The minimum absolute atomic E-state index is 0.0722. The van der Waals surface area contributed by atoms with Gasteiger partial charge in [0, 0.05) is 24.4 Å². The van der Waals surface area contributed by atoms with Crippen molar-refractivity contribution in [2.75, 3.05) is 14.2 Å². The molecule has 0 bridgehead atoms. The Balaban J connectivity index is 1.99. The van der Waals surface area contributed by atoms with Crippen LogP contribution in [0.2, 0.25) is 0 Å². The maximum atomic E-state index is 13.0. The highest BCUT2D eigenvalue weighted by atomic mass is 32.2. The lowest BCUT2D eigenvalue weighted by Gasteiger charge is -2.25. The van der Waals surface area contributed by atoms with Crippen LogP contribution in [0.5, 0.6) is 11.5 Å². The zero-order chi connectivity index (χ0) is 18.2. The molecule has 0 fully saturated rings. The van der Waals surface area contributed by atoms with Gasteiger partial charge >= 0.3 is 0 Å². The average molecular weight is 365 g/mol. The smallest absolute Gasteiger partial charge is 0.244 e. The molecule has 25 heavy (non-hydrogen) atoms. The second-order valence-electron chi connectivity index (χ2n) is 6.15. The first kappa shape index (κ1) is 17.8. The van der Waals surface area contributed by atoms with Crippen molar-refractivity contribution in [3.05, 3.63) is 35.2 Å². The minimum atomic E-state index is -3.78. The molecule has 1 aromatic heterocycles. The first-order chi connectivity index (χ1) is 11.9. The number of nitrogens with zero attached hydrogens (tertiary/aromatic N) is 2. The number of rotatable bonds is 5. The third-order valence-electron chi connectivity index (χ3n) is 4.60. The van der Waals surface area contributed by atoms with Crippen molar-refractivity contribution < 1.29 is 17.9 Å². The van der Waals surface area contributed by atoms with Gasteiger partial charge < -0.3 is 9.47 Å². The van der Waals surface area contributed by atoms with Crippen LogP contribution in [-0.4, -0.2) is 32.4 Å². The largest absolute Gasteiger partial charge is 0.497 e. The van der Waals surface area contributed by atoms with E-state index in [1.54, 1.807) is 12.1 Å².